The summed E-state index contributed by atoms with van der Waals surface area (Å²) < 4.78 is 12.3. The molecular weight excluding hydrogens is 388 g/mol. The van der Waals surface area contributed by atoms with E-state index in [9.17, 15) is 9.90 Å². The minimum atomic E-state index is -0.678. The van der Waals surface area contributed by atoms with Crippen molar-refractivity contribution in [3.05, 3.63) is 11.6 Å². The highest BCUT2D eigenvalue weighted by Crippen LogP contribution is 2.63. The minimum Gasteiger partial charge on any atom is -0.389 e. The molecule has 1 saturated heterocycles. The van der Waals surface area contributed by atoms with Crippen LogP contribution in [-0.4, -0.2) is 35.5 Å². The topological polar surface area (TPSA) is 55.8 Å². The first-order valence-corrected chi connectivity index (χ1v) is 13.0. The zero-order chi connectivity index (χ0) is 22.1. The quantitative estimate of drug-likeness (QED) is 0.481. The first kappa shape index (κ1) is 23.4. The van der Waals surface area contributed by atoms with Crippen LogP contribution < -0.4 is 0 Å². The summed E-state index contributed by atoms with van der Waals surface area (Å²) in [5.74, 6) is 1.15. The molecule has 1 aliphatic heterocycles. The number of hydrogen-bond donors (Lipinski definition) is 1. The van der Waals surface area contributed by atoms with Crippen molar-refractivity contribution in [2.75, 3.05) is 6.61 Å². The van der Waals surface area contributed by atoms with Gasteiger partial charge < -0.3 is 14.6 Å². The first-order chi connectivity index (χ1) is 14.9. The van der Waals surface area contributed by atoms with E-state index in [1.54, 1.807) is 6.92 Å². The van der Waals surface area contributed by atoms with Crippen LogP contribution in [0.2, 0.25) is 0 Å². The van der Waals surface area contributed by atoms with Crippen LogP contribution in [-0.2, 0) is 14.3 Å². The van der Waals surface area contributed by atoms with Gasteiger partial charge in [0, 0.05) is 17.9 Å². The maximum atomic E-state index is 12.3. The number of hydrogen-bond acceptors (Lipinski definition) is 4. The van der Waals surface area contributed by atoms with Crippen molar-refractivity contribution in [3.8, 4) is 0 Å². The van der Waals surface area contributed by atoms with Crippen molar-refractivity contribution < 1.29 is 19.4 Å². The van der Waals surface area contributed by atoms with Crippen molar-refractivity contribution in [3.63, 3.8) is 0 Å². The third-order valence-corrected chi connectivity index (χ3v) is 9.32. The lowest BCUT2D eigenvalue weighted by atomic mass is 9.52. The fourth-order valence-electron chi connectivity index (χ4n) is 7.49. The predicted molar refractivity (Wildman–Crippen MR) is 123 cm³/mol. The predicted octanol–water partition coefficient (Wildman–Crippen LogP) is 5.96. The standard InChI is InChI=1S/C27H44O4/c1-4-5-8-22(31-25-9-6-7-16-30-25)18-20-10-11-24-21(17-20)12-14-26(3)23(19(2)28)13-15-27(24,26)29/h10,21-25,29H,4-9,11-18H2,1-3H3/t21-,22+,23?,24-,25?,26-,27-/m1/s1. The minimum absolute atomic E-state index is 0.0225. The molecule has 2 unspecified atom stereocenters. The fourth-order valence-corrected chi connectivity index (χ4v) is 7.49. The average Bonchev–Trinajstić information content (AvgIpc) is 3.04. The second-order valence-electron chi connectivity index (χ2n) is 11.2. The van der Waals surface area contributed by atoms with E-state index in [0.29, 0.717) is 11.8 Å². The Labute approximate surface area is 189 Å². The first-order valence-electron chi connectivity index (χ1n) is 13.0. The number of carbonyl (C=O) groups is 1. The van der Waals surface area contributed by atoms with Gasteiger partial charge in [0.15, 0.2) is 6.29 Å². The van der Waals surface area contributed by atoms with Crippen LogP contribution in [0.25, 0.3) is 0 Å². The van der Waals surface area contributed by atoms with Gasteiger partial charge in [-0.1, -0.05) is 38.3 Å². The van der Waals surface area contributed by atoms with Gasteiger partial charge in [0.2, 0.25) is 0 Å². The van der Waals surface area contributed by atoms with Crippen LogP contribution in [0.5, 0.6) is 0 Å². The Balaban J connectivity index is 1.43. The number of rotatable bonds is 8. The smallest absolute Gasteiger partial charge is 0.157 e. The van der Waals surface area contributed by atoms with E-state index >= 15 is 0 Å². The van der Waals surface area contributed by atoms with E-state index in [0.717, 1.165) is 70.8 Å². The van der Waals surface area contributed by atoms with Gasteiger partial charge in [-0.2, -0.15) is 0 Å². The molecule has 0 amide bonds. The highest BCUT2D eigenvalue weighted by atomic mass is 16.7. The highest BCUT2D eigenvalue weighted by Gasteiger charge is 2.64. The maximum absolute atomic E-state index is 12.3. The molecule has 0 bridgehead atoms. The Kier molecular flexibility index (Phi) is 7.30. The molecule has 3 fully saturated rings. The van der Waals surface area contributed by atoms with Crippen molar-refractivity contribution in [2.45, 2.75) is 122 Å². The molecule has 4 heteroatoms. The maximum Gasteiger partial charge on any atom is 0.157 e. The number of fused-ring (bicyclic) bond motifs is 3. The molecule has 0 radical (unpaired) electrons. The molecule has 7 atom stereocenters. The van der Waals surface area contributed by atoms with Crippen LogP contribution >= 0.6 is 0 Å². The number of unbranched alkanes of at least 4 members (excludes halogenated alkanes) is 1. The molecule has 1 heterocycles. The summed E-state index contributed by atoms with van der Waals surface area (Å²) in [6.45, 7) is 6.99. The number of aliphatic hydroxyl groups is 1. The summed E-state index contributed by atoms with van der Waals surface area (Å²) in [5, 5.41) is 11.9. The second-order valence-corrected chi connectivity index (χ2v) is 11.2. The van der Waals surface area contributed by atoms with E-state index in [4.69, 9.17) is 9.47 Å². The summed E-state index contributed by atoms with van der Waals surface area (Å²) in [5.41, 5.74) is 0.602. The van der Waals surface area contributed by atoms with Gasteiger partial charge in [0.05, 0.1) is 11.7 Å². The van der Waals surface area contributed by atoms with E-state index in [1.165, 1.54) is 24.8 Å². The van der Waals surface area contributed by atoms with Gasteiger partial charge >= 0.3 is 0 Å². The van der Waals surface area contributed by atoms with Crippen molar-refractivity contribution >= 4 is 5.78 Å². The molecular formula is C27H44O4. The van der Waals surface area contributed by atoms with Gasteiger partial charge in [-0.25, -0.2) is 0 Å². The van der Waals surface area contributed by atoms with Crippen LogP contribution in [0.3, 0.4) is 0 Å². The second kappa shape index (κ2) is 9.65. The highest BCUT2D eigenvalue weighted by molar-refractivity contribution is 5.80. The summed E-state index contributed by atoms with van der Waals surface area (Å²) >= 11 is 0. The van der Waals surface area contributed by atoms with Crippen LogP contribution in [0.15, 0.2) is 11.6 Å². The lowest BCUT2D eigenvalue weighted by Gasteiger charge is -2.55. The molecule has 0 aromatic heterocycles. The van der Waals surface area contributed by atoms with Gasteiger partial charge in [-0.3, -0.25) is 4.79 Å². The molecule has 0 spiro atoms. The zero-order valence-corrected chi connectivity index (χ0v) is 20.0. The normalized spacial score (nSPS) is 41.2. The van der Waals surface area contributed by atoms with Gasteiger partial charge in [-0.05, 0) is 89.4 Å². The number of ketones is 1. The Morgan fingerprint density at radius 2 is 2.13 bits per heavy atom. The number of allylic oxidation sites excluding steroid dienone is 1. The van der Waals surface area contributed by atoms with Crippen LogP contribution in [0.4, 0.5) is 0 Å². The number of Topliss-reactive ketones (excluding diaryl/α,β-unsaturated/α-hetero) is 1. The Morgan fingerprint density at radius 3 is 2.84 bits per heavy atom. The fraction of sp³-hybridized carbons (Fsp3) is 0.889. The third-order valence-electron chi connectivity index (χ3n) is 9.32. The molecule has 4 nitrogen and oxygen atoms in total. The van der Waals surface area contributed by atoms with E-state index < -0.39 is 5.60 Å². The van der Waals surface area contributed by atoms with Crippen molar-refractivity contribution in [2.24, 2.45) is 23.2 Å². The lowest BCUT2D eigenvalue weighted by Crippen LogP contribution is -2.57. The summed E-state index contributed by atoms with van der Waals surface area (Å²) in [4.78, 5) is 12.3. The molecule has 176 valence electrons. The Hall–Kier alpha value is -0.710. The van der Waals surface area contributed by atoms with E-state index in [-0.39, 0.29) is 29.5 Å². The zero-order valence-electron chi connectivity index (χ0n) is 20.0. The van der Waals surface area contributed by atoms with E-state index in [2.05, 4.69) is 19.9 Å². The molecule has 4 aliphatic rings. The Bertz CT molecular complexity index is 666. The van der Waals surface area contributed by atoms with Crippen LogP contribution in [0, 0.1) is 23.2 Å². The summed E-state index contributed by atoms with van der Waals surface area (Å²) in [7, 11) is 0. The lowest BCUT2D eigenvalue weighted by molar-refractivity contribution is -0.189. The third kappa shape index (κ3) is 4.54. The SMILES string of the molecule is CCCC[C@@H](CC1=CC[C@@H]2[C@H](CC[C@]3(C)C(C(C)=O)CC[C@@]23O)C1)OC1CCCCO1. The number of ether oxygens (including phenoxy) is 2. The Morgan fingerprint density at radius 1 is 1.29 bits per heavy atom. The van der Waals surface area contributed by atoms with Crippen molar-refractivity contribution in [1.29, 1.82) is 0 Å². The largest absolute Gasteiger partial charge is 0.389 e. The molecule has 2 saturated carbocycles. The molecule has 0 aromatic carbocycles. The molecule has 3 aliphatic carbocycles. The van der Waals surface area contributed by atoms with Gasteiger partial charge in [0.1, 0.15) is 5.78 Å². The van der Waals surface area contributed by atoms with E-state index in [1.807, 2.05) is 0 Å². The monoisotopic (exact) mass is 432 g/mol. The summed E-state index contributed by atoms with van der Waals surface area (Å²) in [6.07, 6.45) is 16.3. The average molecular weight is 433 g/mol. The molecule has 0 aromatic rings. The molecule has 1 N–H and O–H groups in total. The molecule has 31 heavy (non-hydrogen) atoms. The van der Waals surface area contributed by atoms with Crippen molar-refractivity contribution in [1.82, 2.24) is 0 Å². The van der Waals surface area contributed by atoms with Crippen LogP contribution in [0.1, 0.15) is 104 Å². The number of carbonyl (C=O) groups excluding carboxylic acids is 1. The van der Waals surface area contributed by atoms with Gasteiger partial charge in [0.25, 0.3) is 0 Å². The summed E-state index contributed by atoms with van der Waals surface area (Å²) in [6, 6.07) is 0. The van der Waals surface area contributed by atoms with Gasteiger partial charge in [-0.15, -0.1) is 0 Å². The molecule has 4 rings (SSSR count).